The maximum atomic E-state index is 13.4. The molecule has 0 heterocycles. The summed E-state index contributed by atoms with van der Waals surface area (Å²) in [7, 11) is -0.909. The topological polar surface area (TPSA) is 52.9 Å². The van der Waals surface area contributed by atoms with Gasteiger partial charge in [-0.1, -0.05) is 12.5 Å². The Morgan fingerprint density at radius 1 is 1.56 bits per heavy atom. The molecule has 1 aliphatic rings. The molecule has 0 radical (unpaired) electrons. The molecule has 1 N–H and O–H groups in total. The minimum Gasteiger partial charge on any atom is -0.382 e. The third-order valence-corrected chi connectivity index (χ3v) is 5.37. The number of hydrogen-bond acceptors (Lipinski definition) is 3. The van der Waals surface area contributed by atoms with Crippen molar-refractivity contribution in [3.05, 3.63) is 29.6 Å². The van der Waals surface area contributed by atoms with Crippen LogP contribution < -0.4 is 5.32 Å². The summed E-state index contributed by atoms with van der Waals surface area (Å²) in [5.74, 6) is -0.525. The van der Waals surface area contributed by atoms with Gasteiger partial charge in [-0.25, -0.2) is 4.39 Å². The van der Waals surface area contributed by atoms with E-state index >= 15 is 0 Å². The molecular weight excluding hydrogens is 251 g/mol. The lowest BCUT2D eigenvalue weighted by Gasteiger charge is -2.40. The van der Waals surface area contributed by atoms with Gasteiger partial charge < -0.3 is 5.32 Å². The highest BCUT2D eigenvalue weighted by Crippen LogP contribution is 2.37. The van der Waals surface area contributed by atoms with Gasteiger partial charge in [-0.05, 0) is 25.0 Å². The van der Waals surface area contributed by atoms with Gasteiger partial charge in [-0.3, -0.25) is 4.21 Å². The zero-order valence-corrected chi connectivity index (χ0v) is 11.0. The second-order valence-electron chi connectivity index (χ2n) is 4.62. The molecule has 1 unspecified atom stereocenters. The van der Waals surface area contributed by atoms with E-state index in [2.05, 4.69) is 5.32 Å². The van der Waals surface area contributed by atoms with Crippen LogP contribution >= 0.6 is 0 Å². The second-order valence-corrected chi connectivity index (χ2v) is 6.39. The first-order valence-corrected chi connectivity index (χ1v) is 7.41. The standard InChI is InChI=1S/C13H15FN2OS/c1-18(17)13(6-3-7-13)9-16-12-5-2-4-11(14)10(12)8-15/h2,4-5,16H,3,6-7,9H2,1H3. The van der Waals surface area contributed by atoms with Crippen LogP contribution in [-0.4, -0.2) is 21.8 Å². The Balaban J connectivity index is 2.14. The largest absolute Gasteiger partial charge is 0.382 e. The molecule has 3 nitrogen and oxygen atoms in total. The highest BCUT2D eigenvalue weighted by Gasteiger charge is 2.40. The quantitative estimate of drug-likeness (QED) is 0.910. The summed E-state index contributed by atoms with van der Waals surface area (Å²) in [4.78, 5) is 0. The van der Waals surface area contributed by atoms with Crippen LogP contribution in [0.1, 0.15) is 24.8 Å². The number of nitrogens with zero attached hydrogens (tertiary/aromatic N) is 1. The van der Waals surface area contributed by atoms with Gasteiger partial charge in [0.15, 0.2) is 0 Å². The lowest BCUT2D eigenvalue weighted by Crippen LogP contribution is -2.47. The summed E-state index contributed by atoms with van der Waals surface area (Å²) in [6.45, 7) is 0.522. The minimum atomic E-state index is -0.909. The van der Waals surface area contributed by atoms with E-state index < -0.39 is 16.6 Å². The minimum absolute atomic E-state index is 0.0221. The highest BCUT2D eigenvalue weighted by atomic mass is 32.2. The van der Waals surface area contributed by atoms with Gasteiger partial charge in [0.2, 0.25) is 0 Å². The summed E-state index contributed by atoms with van der Waals surface area (Å²) in [6, 6.07) is 6.35. The van der Waals surface area contributed by atoms with Crippen molar-refractivity contribution in [1.29, 1.82) is 5.26 Å². The van der Waals surface area contributed by atoms with Gasteiger partial charge in [0.1, 0.15) is 17.4 Å². The van der Waals surface area contributed by atoms with Crippen LogP contribution in [0.25, 0.3) is 0 Å². The summed E-state index contributed by atoms with van der Waals surface area (Å²) in [5.41, 5.74) is 0.503. The molecule has 2 rings (SSSR count). The molecule has 0 saturated heterocycles. The average molecular weight is 266 g/mol. The molecule has 1 aliphatic carbocycles. The Bertz CT molecular complexity index is 520. The van der Waals surface area contributed by atoms with Crippen molar-refractivity contribution in [1.82, 2.24) is 0 Å². The summed E-state index contributed by atoms with van der Waals surface area (Å²) in [6.07, 6.45) is 4.62. The van der Waals surface area contributed by atoms with Crippen LogP contribution in [0.15, 0.2) is 18.2 Å². The third-order valence-electron chi connectivity index (χ3n) is 3.60. The molecule has 1 aromatic carbocycles. The van der Waals surface area contributed by atoms with Gasteiger partial charge in [-0.15, -0.1) is 0 Å². The summed E-state index contributed by atoms with van der Waals surface area (Å²) < 4.78 is 24.9. The predicted octanol–water partition coefficient (Wildman–Crippen LogP) is 2.41. The number of benzene rings is 1. The lowest BCUT2D eigenvalue weighted by molar-refractivity contribution is 0.368. The van der Waals surface area contributed by atoms with Crippen molar-refractivity contribution in [3.63, 3.8) is 0 Å². The van der Waals surface area contributed by atoms with E-state index in [0.717, 1.165) is 19.3 Å². The van der Waals surface area contributed by atoms with Crippen LogP contribution in [0, 0.1) is 17.1 Å². The van der Waals surface area contributed by atoms with Crippen molar-refractivity contribution >= 4 is 16.5 Å². The van der Waals surface area contributed by atoms with E-state index in [1.54, 1.807) is 18.4 Å². The number of nitrogens with one attached hydrogen (secondary N) is 1. The van der Waals surface area contributed by atoms with Crippen LogP contribution in [0.5, 0.6) is 0 Å². The summed E-state index contributed by atoms with van der Waals surface area (Å²) in [5, 5.41) is 12.0. The van der Waals surface area contributed by atoms with Crippen molar-refractivity contribution in [2.45, 2.75) is 24.0 Å². The molecule has 1 aromatic rings. The Kier molecular flexibility index (Phi) is 3.67. The fourth-order valence-electron chi connectivity index (χ4n) is 2.18. The average Bonchev–Trinajstić information content (AvgIpc) is 2.27. The van der Waals surface area contributed by atoms with Gasteiger partial charge in [0, 0.05) is 23.6 Å². The van der Waals surface area contributed by atoms with Gasteiger partial charge >= 0.3 is 0 Å². The number of halogens is 1. The van der Waals surface area contributed by atoms with E-state index in [1.807, 2.05) is 6.07 Å². The first-order chi connectivity index (χ1) is 8.59. The van der Waals surface area contributed by atoms with Gasteiger partial charge in [0.05, 0.1) is 10.4 Å². The summed E-state index contributed by atoms with van der Waals surface area (Å²) >= 11 is 0. The van der Waals surface area contributed by atoms with E-state index in [0.29, 0.717) is 12.2 Å². The predicted molar refractivity (Wildman–Crippen MR) is 70.3 cm³/mol. The van der Waals surface area contributed by atoms with Crippen LogP contribution in [0.3, 0.4) is 0 Å². The van der Waals surface area contributed by atoms with E-state index in [4.69, 9.17) is 5.26 Å². The number of anilines is 1. The van der Waals surface area contributed by atoms with Crippen molar-refractivity contribution in [3.8, 4) is 6.07 Å². The normalized spacial score (nSPS) is 18.5. The fraction of sp³-hybridized carbons (Fsp3) is 0.462. The van der Waals surface area contributed by atoms with Crippen LogP contribution in [0.4, 0.5) is 10.1 Å². The SMILES string of the molecule is CS(=O)C1(CNc2cccc(F)c2C#N)CCC1. The first kappa shape index (κ1) is 13.0. The molecule has 0 aliphatic heterocycles. The highest BCUT2D eigenvalue weighted by molar-refractivity contribution is 7.85. The zero-order chi connectivity index (χ0) is 13.2. The molecule has 1 saturated carbocycles. The maximum absolute atomic E-state index is 13.4. The van der Waals surface area contributed by atoms with E-state index in [9.17, 15) is 8.60 Å². The van der Waals surface area contributed by atoms with Crippen LogP contribution in [0.2, 0.25) is 0 Å². The molecule has 0 spiro atoms. The molecule has 5 heteroatoms. The lowest BCUT2D eigenvalue weighted by atomic mass is 9.84. The first-order valence-electron chi connectivity index (χ1n) is 5.85. The molecule has 0 aromatic heterocycles. The molecule has 1 fully saturated rings. The van der Waals surface area contributed by atoms with Gasteiger partial charge in [0.25, 0.3) is 0 Å². The van der Waals surface area contributed by atoms with Crippen LogP contribution in [-0.2, 0) is 10.8 Å². The Hall–Kier alpha value is -1.41. The second kappa shape index (κ2) is 5.07. The molecular formula is C13H15FN2OS. The molecule has 0 bridgehead atoms. The van der Waals surface area contributed by atoms with Crippen molar-refractivity contribution in [2.24, 2.45) is 0 Å². The smallest absolute Gasteiger partial charge is 0.143 e. The van der Waals surface area contributed by atoms with E-state index in [-0.39, 0.29) is 10.3 Å². The Labute approximate surface area is 108 Å². The monoisotopic (exact) mass is 266 g/mol. The van der Waals surface area contributed by atoms with Gasteiger partial charge in [-0.2, -0.15) is 5.26 Å². The Morgan fingerprint density at radius 3 is 2.78 bits per heavy atom. The third kappa shape index (κ3) is 2.25. The molecule has 1 atom stereocenters. The van der Waals surface area contributed by atoms with Crippen molar-refractivity contribution in [2.75, 3.05) is 18.1 Å². The number of nitriles is 1. The molecule has 96 valence electrons. The Morgan fingerprint density at radius 2 is 2.28 bits per heavy atom. The zero-order valence-electron chi connectivity index (χ0n) is 10.2. The number of rotatable bonds is 4. The maximum Gasteiger partial charge on any atom is 0.143 e. The fourth-order valence-corrected chi connectivity index (χ4v) is 3.32. The van der Waals surface area contributed by atoms with Crippen molar-refractivity contribution < 1.29 is 8.60 Å². The molecule has 18 heavy (non-hydrogen) atoms. The molecule has 0 amide bonds. The van der Waals surface area contributed by atoms with E-state index in [1.165, 1.54) is 6.07 Å². The number of hydrogen-bond donors (Lipinski definition) is 1.